The summed E-state index contributed by atoms with van der Waals surface area (Å²) in [7, 11) is 1.65. The van der Waals surface area contributed by atoms with Crippen LogP contribution in [0.1, 0.15) is 76.1 Å². The number of esters is 1. The van der Waals surface area contributed by atoms with Crippen molar-refractivity contribution in [3.63, 3.8) is 0 Å². The number of hydrazine groups is 1. The van der Waals surface area contributed by atoms with E-state index in [9.17, 15) is 24.3 Å². The molecule has 4 aromatic rings. The maximum Gasteiger partial charge on any atom is 0.324 e. The highest BCUT2D eigenvalue weighted by Crippen LogP contribution is 2.42. The molecule has 4 atom stereocenters. The molecule has 2 fully saturated rings. The molecule has 12 heteroatoms. The van der Waals surface area contributed by atoms with Crippen LogP contribution in [0, 0.1) is 31.1 Å². The zero-order valence-corrected chi connectivity index (χ0v) is 38.9. The van der Waals surface area contributed by atoms with Crippen molar-refractivity contribution >= 4 is 34.6 Å². The number of benzene rings is 3. The van der Waals surface area contributed by atoms with Gasteiger partial charge in [0.2, 0.25) is 11.8 Å². The largest absolute Gasteiger partial charge is 0.508 e. The Balaban J connectivity index is 1.30. The Kier molecular flexibility index (Phi) is 13.5. The molecule has 0 radical (unpaired) electrons. The number of amides is 3. The van der Waals surface area contributed by atoms with Crippen LogP contribution in [0.2, 0.25) is 0 Å². The number of phenols is 1. The van der Waals surface area contributed by atoms with E-state index in [-0.39, 0.29) is 36.5 Å². The van der Waals surface area contributed by atoms with Crippen LogP contribution in [0.4, 0.5) is 0 Å². The molecule has 6 bridgehead atoms. The lowest BCUT2D eigenvalue weighted by atomic mass is 9.83. The molecule has 12 nitrogen and oxygen atoms in total. The number of carbonyl (C=O) groups excluding carboxylic acids is 4. The van der Waals surface area contributed by atoms with Gasteiger partial charge in [-0.1, -0.05) is 71.2 Å². The molecule has 0 spiro atoms. The van der Waals surface area contributed by atoms with Crippen LogP contribution < -0.4 is 10.7 Å². The Bertz CT molecular complexity index is 2460. The summed E-state index contributed by atoms with van der Waals surface area (Å²) in [6.45, 7) is 24.7. The summed E-state index contributed by atoms with van der Waals surface area (Å²) in [6.07, 6.45) is 3.97. The van der Waals surface area contributed by atoms with E-state index in [1.807, 2.05) is 24.8 Å². The van der Waals surface area contributed by atoms with Crippen molar-refractivity contribution in [3.8, 4) is 28.1 Å². The lowest BCUT2D eigenvalue weighted by Crippen LogP contribution is -2.62. The molecule has 64 heavy (non-hydrogen) atoms. The average Bonchev–Trinajstić information content (AvgIpc) is 3.87. The van der Waals surface area contributed by atoms with Gasteiger partial charge in [-0.05, 0) is 116 Å². The lowest BCUT2D eigenvalue weighted by molar-refractivity contribution is -0.155. The van der Waals surface area contributed by atoms with Gasteiger partial charge < -0.3 is 29.5 Å². The van der Waals surface area contributed by atoms with E-state index < -0.39 is 41.3 Å². The average molecular weight is 871 g/mol. The van der Waals surface area contributed by atoms with Crippen LogP contribution in [0.5, 0.6) is 5.75 Å². The molecule has 0 aliphatic carbocycles. The summed E-state index contributed by atoms with van der Waals surface area (Å²) in [5.41, 5.74) is 12.6. The first-order valence-electron chi connectivity index (χ1n) is 22.8. The van der Waals surface area contributed by atoms with E-state index in [0.717, 1.165) is 45.5 Å². The molecule has 3 aliphatic heterocycles. The maximum atomic E-state index is 14.7. The summed E-state index contributed by atoms with van der Waals surface area (Å²) in [6, 6.07) is 15.3. The second-order valence-corrected chi connectivity index (χ2v) is 19.3. The highest BCUT2D eigenvalue weighted by Gasteiger charge is 2.40. The Morgan fingerprint density at radius 1 is 1.05 bits per heavy atom. The molecular weight excluding hydrogens is 805 g/mol. The first-order valence-corrected chi connectivity index (χ1v) is 22.8. The van der Waals surface area contributed by atoms with E-state index in [1.54, 1.807) is 25.3 Å². The number of aromatic hydroxyl groups is 1. The molecule has 340 valence electrons. The number of cyclic esters (lactones) is 1. The highest BCUT2D eigenvalue weighted by atomic mass is 16.5. The Morgan fingerprint density at radius 2 is 1.78 bits per heavy atom. The van der Waals surface area contributed by atoms with E-state index in [4.69, 9.17) is 4.74 Å². The number of likely N-dealkylation sites (N-methyl/N-ethyl adjacent to an activating group) is 1. The summed E-state index contributed by atoms with van der Waals surface area (Å²) >= 11 is 0. The third-order valence-electron chi connectivity index (χ3n) is 13.4. The normalized spacial score (nSPS) is 20.7. The predicted octanol–water partition coefficient (Wildman–Crippen LogP) is 7.47. The number of nitrogens with zero attached hydrogens (tertiary/aromatic N) is 4. The molecule has 7 rings (SSSR count). The number of rotatable bonds is 9. The second kappa shape index (κ2) is 18.7. The molecule has 0 saturated carbocycles. The Labute approximate surface area is 378 Å². The number of ether oxygens (including phenoxy) is 1. The van der Waals surface area contributed by atoms with Crippen molar-refractivity contribution in [2.45, 2.75) is 105 Å². The smallest absolute Gasteiger partial charge is 0.324 e. The van der Waals surface area contributed by atoms with Crippen LogP contribution in [-0.2, 0) is 43.3 Å². The minimum Gasteiger partial charge on any atom is -0.508 e. The van der Waals surface area contributed by atoms with E-state index in [1.165, 1.54) is 26.6 Å². The van der Waals surface area contributed by atoms with Crippen LogP contribution in [-0.4, -0.2) is 99.6 Å². The number of hydrogen-bond donors (Lipinski definition) is 3. The van der Waals surface area contributed by atoms with Crippen molar-refractivity contribution in [2.24, 2.45) is 17.3 Å². The molecular formula is C52H66N6O6. The predicted molar refractivity (Wildman–Crippen MR) is 252 cm³/mol. The zero-order chi connectivity index (χ0) is 46.2. The van der Waals surface area contributed by atoms with Gasteiger partial charge in [-0.3, -0.25) is 24.2 Å². The maximum absolute atomic E-state index is 14.7. The molecule has 3 aromatic carbocycles. The quantitative estimate of drug-likeness (QED) is 0.117. The van der Waals surface area contributed by atoms with E-state index in [2.05, 4.69) is 99.5 Å². The van der Waals surface area contributed by atoms with Gasteiger partial charge in [-0.25, -0.2) is 5.43 Å². The molecule has 3 aliphatic rings. The SMILES string of the molecule is C=CC(=C)N1CC[C@H](C(=O)N(C)[C@H](C(=O)N[C@H]2Cc3cc(O)cc(c3)-c3ccc4c(c3)c(c(-c3c(C)cccc3C)n4CC)CC(C)(C)COC(=O)[C@@H]3CCCN(N3)C2=O)C(C)C)C1. The number of allylic oxidation sites excluding steroid dienone is 1. The summed E-state index contributed by atoms with van der Waals surface area (Å²) in [4.78, 5) is 60.6. The van der Waals surface area contributed by atoms with Gasteiger partial charge in [0, 0.05) is 67.2 Å². The first kappa shape index (κ1) is 46.1. The minimum atomic E-state index is -1.11. The number of aromatic nitrogens is 1. The molecule has 2 saturated heterocycles. The monoisotopic (exact) mass is 871 g/mol. The molecule has 1 aromatic heterocycles. The van der Waals surface area contributed by atoms with Gasteiger partial charge >= 0.3 is 5.97 Å². The summed E-state index contributed by atoms with van der Waals surface area (Å²) in [5, 5.41) is 16.8. The third-order valence-corrected chi connectivity index (χ3v) is 13.4. The van der Waals surface area contributed by atoms with Gasteiger partial charge in [-0.2, -0.15) is 0 Å². The van der Waals surface area contributed by atoms with Gasteiger partial charge in [0.15, 0.2) is 0 Å². The van der Waals surface area contributed by atoms with Crippen molar-refractivity contribution in [1.82, 2.24) is 30.1 Å². The standard InChI is InChI=1S/C52H66N6O6/c1-11-34(7)56-22-20-37(29-56)49(61)55(10)46(31(3)4)48(60)53-43-25-35-23-38(26-39(59)24-35)36-18-19-44-40(27-36)41(47(57(44)12-2)45-32(5)15-13-16-33(45)6)28-52(8,9)30-64-51(63)42-17-14-21-58(54-42)50(43)62/h11,13,15-16,18-19,23-24,26-27,31,37,42-43,46,54,59H,1,7,12,14,17,20-22,25,28-30H2,2-6,8-10H3,(H,53,60)/t37-,42-,43-,46-/m0/s1. The number of carbonyl (C=O) groups is 4. The first-order chi connectivity index (χ1) is 30.4. The van der Waals surface area contributed by atoms with Gasteiger partial charge in [0.1, 0.15) is 23.9 Å². The van der Waals surface area contributed by atoms with Crippen molar-refractivity contribution < 1.29 is 29.0 Å². The molecule has 3 N–H and O–H groups in total. The molecule has 3 amide bonds. The number of phenolic OH excluding ortho intramolecular Hbond substituents is 1. The number of fused-ring (bicyclic) bond motifs is 6. The number of likely N-dealkylation sites (tertiary alicyclic amines) is 1. The van der Waals surface area contributed by atoms with E-state index >= 15 is 0 Å². The zero-order valence-electron chi connectivity index (χ0n) is 38.9. The fraction of sp³-hybridized carbons (Fsp3) is 0.462. The number of nitrogens with one attached hydrogen (secondary N) is 2. The number of aryl methyl sites for hydroxylation is 3. The van der Waals surface area contributed by atoms with Gasteiger partial charge in [0.25, 0.3) is 5.91 Å². The van der Waals surface area contributed by atoms with Crippen LogP contribution in [0.25, 0.3) is 33.3 Å². The number of hydrogen-bond acceptors (Lipinski definition) is 8. The lowest BCUT2D eigenvalue weighted by Gasteiger charge is -2.37. The van der Waals surface area contributed by atoms with Crippen molar-refractivity contribution in [1.29, 1.82) is 0 Å². The van der Waals surface area contributed by atoms with E-state index in [0.29, 0.717) is 50.9 Å². The summed E-state index contributed by atoms with van der Waals surface area (Å²) < 4.78 is 8.49. The Hall–Kier alpha value is -5.88. The fourth-order valence-electron chi connectivity index (χ4n) is 10.1. The van der Waals surface area contributed by atoms with Crippen LogP contribution >= 0.6 is 0 Å². The molecule has 4 heterocycles. The van der Waals surface area contributed by atoms with Crippen molar-refractivity contribution in [2.75, 3.05) is 33.3 Å². The summed E-state index contributed by atoms with van der Waals surface area (Å²) in [5.74, 6) is -2.09. The second-order valence-electron chi connectivity index (χ2n) is 19.3. The molecule has 0 unspecified atom stereocenters. The third kappa shape index (κ3) is 9.34. The topological polar surface area (TPSA) is 136 Å². The highest BCUT2D eigenvalue weighted by molar-refractivity contribution is 5.96. The van der Waals surface area contributed by atoms with Crippen LogP contribution in [0.15, 0.2) is 79.5 Å². The van der Waals surface area contributed by atoms with Gasteiger partial charge in [0.05, 0.1) is 18.2 Å². The van der Waals surface area contributed by atoms with Crippen molar-refractivity contribution in [3.05, 3.63) is 102 Å². The van der Waals surface area contributed by atoms with Gasteiger partial charge in [-0.15, -0.1) is 0 Å². The fourth-order valence-corrected chi connectivity index (χ4v) is 10.1. The van der Waals surface area contributed by atoms with Crippen LogP contribution in [0.3, 0.4) is 0 Å². The minimum absolute atomic E-state index is 0.0253. The Morgan fingerprint density at radius 3 is 2.47 bits per heavy atom.